The Morgan fingerprint density at radius 2 is 1.81 bits per heavy atom. The third kappa shape index (κ3) is 4.55. The molecule has 0 radical (unpaired) electrons. The summed E-state index contributed by atoms with van der Waals surface area (Å²) in [4.78, 5) is 16.7. The zero-order chi connectivity index (χ0) is 15.1. The molecule has 0 bridgehead atoms. The quantitative estimate of drug-likeness (QED) is 0.737. The van der Waals surface area contributed by atoms with Gasteiger partial charge in [0.1, 0.15) is 0 Å². The summed E-state index contributed by atoms with van der Waals surface area (Å²) in [7, 11) is 0. The van der Waals surface area contributed by atoms with Crippen LogP contribution < -0.4 is 15.4 Å². The van der Waals surface area contributed by atoms with Gasteiger partial charge in [0.15, 0.2) is 5.82 Å². The van der Waals surface area contributed by atoms with Crippen molar-refractivity contribution in [1.29, 1.82) is 0 Å². The van der Waals surface area contributed by atoms with E-state index < -0.39 is 0 Å². The highest BCUT2D eigenvalue weighted by Crippen LogP contribution is 2.11. The Kier molecular flexibility index (Phi) is 5.24. The fourth-order valence-electron chi connectivity index (χ4n) is 1.60. The van der Waals surface area contributed by atoms with Gasteiger partial charge in [-0.3, -0.25) is 0 Å². The smallest absolute Gasteiger partial charge is 0.323 e. The Bertz CT molecular complexity index is 548. The molecule has 2 aromatic rings. The van der Waals surface area contributed by atoms with E-state index >= 15 is 0 Å². The molecule has 9 heteroatoms. The normalized spacial score (nSPS) is 10.4. The average molecular weight is 293 g/mol. The van der Waals surface area contributed by atoms with Crippen LogP contribution in [0.5, 0.6) is 6.01 Å². The maximum atomic E-state index is 5.32. The van der Waals surface area contributed by atoms with Gasteiger partial charge in [-0.05, 0) is 13.8 Å². The van der Waals surface area contributed by atoms with Crippen LogP contribution in [-0.4, -0.2) is 44.8 Å². The average Bonchev–Trinajstić information content (AvgIpc) is 2.85. The zero-order valence-electron chi connectivity index (χ0n) is 12.4. The predicted molar refractivity (Wildman–Crippen MR) is 76.4 cm³/mol. The van der Waals surface area contributed by atoms with Crippen molar-refractivity contribution < 1.29 is 9.26 Å². The Balaban J connectivity index is 1.97. The van der Waals surface area contributed by atoms with Crippen LogP contribution in [-0.2, 0) is 6.42 Å². The first-order chi connectivity index (χ1) is 10.2. The molecule has 0 atom stereocenters. The highest BCUT2D eigenvalue weighted by Gasteiger charge is 2.07. The van der Waals surface area contributed by atoms with Gasteiger partial charge in [0.2, 0.25) is 17.8 Å². The molecule has 0 aliphatic carbocycles. The van der Waals surface area contributed by atoms with Gasteiger partial charge >= 0.3 is 6.01 Å². The second-order valence-electron chi connectivity index (χ2n) is 4.13. The van der Waals surface area contributed by atoms with E-state index in [1.165, 1.54) is 0 Å². The van der Waals surface area contributed by atoms with Crippen LogP contribution in [0.25, 0.3) is 0 Å². The van der Waals surface area contributed by atoms with Gasteiger partial charge in [-0.25, -0.2) is 0 Å². The van der Waals surface area contributed by atoms with Crippen LogP contribution in [0.3, 0.4) is 0 Å². The van der Waals surface area contributed by atoms with Gasteiger partial charge in [0, 0.05) is 26.4 Å². The number of ether oxygens (including phenoxy) is 1. The highest BCUT2D eigenvalue weighted by atomic mass is 16.5. The molecule has 114 valence electrons. The second kappa shape index (κ2) is 7.36. The predicted octanol–water partition coefficient (Wildman–Crippen LogP) is 1.05. The van der Waals surface area contributed by atoms with Crippen molar-refractivity contribution in [2.75, 3.05) is 30.3 Å². The fraction of sp³-hybridized carbons (Fsp3) is 0.583. The maximum absolute atomic E-state index is 5.32. The van der Waals surface area contributed by atoms with Gasteiger partial charge in [-0.1, -0.05) is 5.16 Å². The molecule has 0 aromatic carbocycles. The molecule has 9 nitrogen and oxygen atoms in total. The molecule has 0 fully saturated rings. The zero-order valence-corrected chi connectivity index (χ0v) is 12.4. The summed E-state index contributed by atoms with van der Waals surface area (Å²) in [6.07, 6.45) is 0.615. The fourth-order valence-corrected chi connectivity index (χ4v) is 1.60. The van der Waals surface area contributed by atoms with Crippen LogP contribution in [0.2, 0.25) is 0 Å². The monoisotopic (exact) mass is 293 g/mol. The van der Waals surface area contributed by atoms with Crippen molar-refractivity contribution >= 4 is 11.9 Å². The van der Waals surface area contributed by atoms with Gasteiger partial charge in [0.25, 0.3) is 0 Å². The molecule has 0 spiro atoms. The number of aryl methyl sites for hydroxylation is 1. The molecule has 2 heterocycles. The molecule has 0 unspecified atom stereocenters. The molecule has 2 rings (SSSR count). The number of hydrogen-bond donors (Lipinski definition) is 2. The van der Waals surface area contributed by atoms with Gasteiger partial charge in [-0.2, -0.15) is 19.9 Å². The molecule has 2 N–H and O–H groups in total. The minimum atomic E-state index is 0.293. The second-order valence-corrected chi connectivity index (χ2v) is 4.13. The van der Waals surface area contributed by atoms with Crippen LogP contribution in [0, 0.1) is 6.92 Å². The van der Waals surface area contributed by atoms with E-state index in [0.717, 1.165) is 6.54 Å². The molecule has 2 aromatic heterocycles. The van der Waals surface area contributed by atoms with E-state index in [9.17, 15) is 0 Å². The van der Waals surface area contributed by atoms with Crippen molar-refractivity contribution in [2.45, 2.75) is 27.2 Å². The summed E-state index contributed by atoms with van der Waals surface area (Å²) in [6.45, 7) is 7.40. The van der Waals surface area contributed by atoms with Crippen molar-refractivity contribution in [3.63, 3.8) is 0 Å². The largest absolute Gasteiger partial charge is 0.464 e. The van der Waals surface area contributed by atoms with E-state index in [0.29, 0.717) is 49.2 Å². The third-order valence-electron chi connectivity index (χ3n) is 2.42. The van der Waals surface area contributed by atoms with Gasteiger partial charge in [0.05, 0.1) is 6.61 Å². The van der Waals surface area contributed by atoms with Crippen molar-refractivity contribution in [2.24, 2.45) is 0 Å². The topological polar surface area (TPSA) is 111 Å². The third-order valence-corrected chi connectivity index (χ3v) is 2.42. The van der Waals surface area contributed by atoms with Gasteiger partial charge < -0.3 is 19.9 Å². The van der Waals surface area contributed by atoms with Crippen LogP contribution >= 0.6 is 0 Å². The molecule has 0 aliphatic heterocycles. The number of anilines is 2. The number of rotatable bonds is 8. The Labute approximate surface area is 122 Å². The lowest BCUT2D eigenvalue weighted by atomic mass is 10.4. The lowest BCUT2D eigenvalue weighted by molar-refractivity contribution is 0.312. The Morgan fingerprint density at radius 1 is 1.05 bits per heavy atom. The Morgan fingerprint density at radius 3 is 2.43 bits per heavy atom. The molecule has 21 heavy (non-hydrogen) atoms. The molecular formula is C12H19N7O2. The molecule has 0 saturated heterocycles. The van der Waals surface area contributed by atoms with Crippen molar-refractivity contribution in [3.05, 3.63) is 11.7 Å². The van der Waals surface area contributed by atoms with Crippen LogP contribution in [0.1, 0.15) is 25.6 Å². The van der Waals surface area contributed by atoms with E-state index in [-0.39, 0.29) is 0 Å². The number of hydrogen-bond acceptors (Lipinski definition) is 9. The molecule has 0 aliphatic rings. The van der Waals surface area contributed by atoms with Crippen LogP contribution in [0.15, 0.2) is 4.52 Å². The first-order valence-corrected chi connectivity index (χ1v) is 6.87. The number of aromatic nitrogens is 5. The summed E-state index contributed by atoms with van der Waals surface area (Å²) in [5, 5.41) is 9.96. The van der Waals surface area contributed by atoms with Crippen molar-refractivity contribution in [1.82, 2.24) is 25.1 Å². The summed E-state index contributed by atoms with van der Waals surface area (Å²) < 4.78 is 10.2. The lowest BCUT2D eigenvalue weighted by Crippen LogP contribution is -2.13. The summed E-state index contributed by atoms with van der Waals surface area (Å²) in [6, 6.07) is 0.293. The van der Waals surface area contributed by atoms with E-state index in [1.807, 2.05) is 13.8 Å². The SMILES string of the molecule is CCNc1nc(NCCc2noc(C)n2)nc(OCC)n1. The minimum Gasteiger partial charge on any atom is -0.464 e. The Hall–Kier alpha value is -2.45. The minimum absolute atomic E-state index is 0.293. The van der Waals surface area contributed by atoms with Gasteiger partial charge in [-0.15, -0.1) is 0 Å². The number of nitrogens with one attached hydrogen (secondary N) is 2. The summed E-state index contributed by atoms with van der Waals surface area (Å²) in [5.41, 5.74) is 0. The highest BCUT2D eigenvalue weighted by molar-refractivity contribution is 5.35. The molecule has 0 amide bonds. The number of nitrogens with zero attached hydrogens (tertiary/aromatic N) is 5. The molecule has 0 saturated carbocycles. The first-order valence-electron chi connectivity index (χ1n) is 6.87. The lowest BCUT2D eigenvalue weighted by Gasteiger charge is -2.08. The maximum Gasteiger partial charge on any atom is 0.323 e. The summed E-state index contributed by atoms with van der Waals surface area (Å²) >= 11 is 0. The molecular weight excluding hydrogens is 274 g/mol. The first kappa shape index (κ1) is 14.9. The standard InChI is InChI=1S/C12H19N7O2/c1-4-13-10-16-11(18-12(17-10)20-5-2)14-7-6-9-15-8(3)21-19-9/h4-7H2,1-3H3,(H2,13,14,16,17,18). The van der Waals surface area contributed by atoms with E-state index in [1.54, 1.807) is 6.92 Å². The van der Waals surface area contributed by atoms with Crippen molar-refractivity contribution in [3.8, 4) is 6.01 Å². The van der Waals surface area contributed by atoms with Crippen LogP contribution in [0.4, 0.5) is 11.9 Å². The van der Waals surface area contributed by atoms with E-state index in [2.05, 4.69) is 35.7 Å². The summed E-state index contributed by atoms with van der Waals surface area (Å²) in [5.74, 6) is 2.13. The van der Waals surface area contributed by atoms with E-state index in [4.69, 9.17) is 9.26 Å².